The summed E-state index contributed by atoms with van der Waals surface area (Å²) in [5.41, 5.74) is 0.440. The number of nitrogens with one attached hydrogen (secondary N) is 1. The molecular formula is C24H30FN7O6S. The number of hydrogen-bond acceptors (Lipinski definition) is 11. The minimum Gasteiger partial charge on any atom is -0.494 e. The second-order valence-corrected chi connectivity index (χ2v) is 11.2. The van der Waals surface area contributed by atoms with Gasteiger partial charge in [0, 0.05) is 26.8 Å². The molecule has 13 nitrogen and oxygen atoms in total. The van der Waals surface area contributed by atoms with E-state index >= 15 is 0 Å². The molecule has 1 N–H and O–H groups in total. The molecule has 39 heavy (non-hydrogen) atoms. The number of para-hydroxylation sites is 1. The minimum atomic E-state index is -4.06. The first kappa shape index (κ1) is 27.0. The number of hydrogen-bond donors (Lipinski definition) is 1. The number of benzene rings is 1. The van der Waals surface area contributed by atoms with Crippen molar-refractivity contribution in [1.29, 1.82) is 0 Å². The van der Waals surface area contributed by atoms with Crippen LogP contribution in [0.4, 0.5) is 16.3 Å². The van der Waals surface area contributed by atoms with Crippen molar-refractivity contribution >= 4 is 21.9 Å². The number of piperidine rings is 1. The zero-order chi connectivity index (χ0) is 27.6. The summed E-state index contributed by atoms with van der Waals surface area (Å²) in [6, 6.07) is 5.24. The standard InChI is InChI=1S/C24H30FN7O6S/c1-35-16-10-17(14-31(13-16)23-26-11-15(25)12-27-23)39(33,34)30-24-29-28-22(20-8-5-9-38-20)32(24)21-18(36-2)6-4-7-19(21)37-3/h4,6-7,11-12,16-17,20H,5,8-10,13-14H2,1-3H3,(H,29,30)/t16-,17+,20-/m1/s1. The van der Waals surface area contributed by atoms with Crippen LogP contribution in [0, 0.1) is 5.82 Å². The lowest BCUT2D eigenvalue weighted by Crippen LogP contribution is -2.51. The van der Waals surface area contributed by atoms with Gasteiger partial charge in [-0.2, -0.15) is 0 Å². The number of sulfonamides is 1. The van der Waals surface area contributed by atoms with Gasteiger partial charge < -0.3 is 23.8 Å². The van der Waals surface area contributed by atoms with Crippen LogP contribution in [0.5, 0.6) is 11.5 Å². The summed E-state index contributed by atoms with van der Waals surface area (Å²) >= 11 is 0. The van der Waals surface area contributed by atoms with E-state index in [0.29, 0.717) is 42.6 Å². The molecule has 3 aromatic rings. The molecule has 4 heterocycles. The van der Waals surface area contributed by atoms with E-state index in [0.717, 1.165) is 18.8 Å². The first-order chi connectivity index (χ1) is 18.8. The largest absolute Gasteiger partial charge is 0.494 e. The molecule has 1 aromatic carbocycles. The van der Waals surface area contributed by atoms with Crippen LogP contribution in [0.15, 0.2) is 30.6 Å². The zero-order valence-electron chi connectivity index (χ0n) is 21.8. The van der Waals surface area contributed by atoms with Gasteiger partial charge in [0.25, 0.3) is 0 Å². The van der Waals surface area contributed by atoms with Crippen LogP contribution in [-0.4, -0.2) is 85.5 Å². The molecule has 0 amide bonds. The molecule has 2 aliphatic heterocycles. The van der Waals surface area contributed by atoms with Crippen molar-refractivity contribution in [1.82, 2.24) is 24.7 Å². The minimum absolute atomic E-state index is 0.0348. The smallest absolute Gasteiger partial charge is 0.243 e. The Labute approximate surface area is 225 Å². The maximum atomic E-state index is 13.8. The second-order valence-electron chi connectivity index (χ2n) is 9.20. The molecule has 0 bridgehead atoms. The van der Waals surface area contributed by atoms with Gasteiger partial charge in [-0.1, -0.05) is 6.07 Å². The van der Waals surface area contributed by atoms with Crippen LogP contribution in [0.3, 0.4) is 0 Å². The molecule has 0 unspecified atom stereocenters. The first-order valence-corrected chi connectivity index (χ1v) is 13.9. The van der Waals surface area contributed by atoms with Gasteiger partial charge in [-0.15, -0.1) is 10.2 Å². The van der Waals surface area contributed by atoms with Crippen LogP contribution < -0.4 is 19.1 Å². The zero-order valence-corrected chi connectivity index (χ0v) is 22.6. The average molecular weight is 564 g/mol. The number of halogens is 1. The molecule has 15 heteroatoms. The molecular weight excluding hydrogens is 533 g/mol. The van der Waals surface area contributed by atoms with Gasteiger partial charge in [-0.3, -0.25) is 9.29 Å². The maximum absolute atomic E-state index is 13.8. The summed E-state index contributed by atoms with van der Waals surface area (Å²) in [4.78, 5) is 9.68. The van der Waals surface area contributed by atoms with E-state index in [1.807, 2.05) is 0 Å². The number of anilines is 2. The number of ether oxygens (including phenoxy) is 4. The number of aromatic nitrogens is 5. The van der Waals surface area contributed by atoms with Crippen molar-refractivity contribution in [3.8, 4) is 17.2 Å². The molecule has 0 aliphatic carbocycles. The molecule has 3 atom stereocenters. The van der Waals surface area contributed by atoms with Crippen molar-refractivity contribution in [2.75, 3.05) is 50.6 Å². The second kappa shape index (κ2) is 11.3. The van der Waals surface area contributed by atoms with E-state index in [1.54, 1.807) is 27.7 Å². The van der Waals surface area contributed by atoms with Gasteiger partial charge in [0.2, 0.25) is 21.9 Å². The highest BCUT2D eigenvalue weighted by Gasteiger charge is 2.38. The summed E-state index contributed by atoms with van der Waals surface area (Å²) in [5.74, 6) is 0.885. The Morgan fingerprint density at radius 2 is 1.79 bits per heavy atom. The molecule has 0 radical (unpaired) electrons. The third-order valence-corrected chi connectivity index (χ3v) is 8.49. The Morgan fingerprint density at radius 1 is 1.08 bits per heavy atom. The highest BCUT2D eigenvalue weighted by Crippen LogP contribution is 2.39. The highest BCUT2D eigenvalue weighted by molar-refractivity contribution is 7.93. The molecule has 0 spiro atoms. The lowest BCUT2D eigenvalue weighted by Gasteiger charge is -2.36. The van der Waals surface area contributed by atoms with Crippen molar-refractivity contribution in [2.45, 2.75) is 36.7 Å². The van der Waals surface area contributed by atoms with Crippen LogP contribution in [0.25, 0.3) is 5.69 Å². The van der Waals surface area contributed by atoms with E-state index in [2.05, 4.69) is 24.9 Å². The quantitative estimate of drug-likeness (QED) is 0.409. The Balaban J connectivity index is 1.52. The topological polar surface area (TPSA) is 143 Å². The van der Waals surface area contributed by atoms with Crippen LogP contribution in [0.1, 0.15) is 31.2 Å². The lowest BCUT2D eigenvalue weighted by molar-refractivity contribution is 0.0898. The van der Waals surface area contributed by atoms with E-state index in [1.165, 1.54) is 21.3 Å². The van der Waals surface area contributed by atoms with Crippen LogP contribution in [0.2, 0.25) is 0 Å². The Bertz CT molecular complexity index is 1380. The molecule has 5 rings (SSSR count). The van der Waals surface area contributed by atoms with Crippen molar-refractivity contribution in [3.63, 3.8) is 0 Å². The number of rotatable bonds is 9. The summed E-state index contributed by atoms with van der Waals surface area (Å²) in [6.07, 6.45) is 3.02. The normalized spacial score (nSPS) is 21.6. The third kappa shape index (κ3) is 5.46. The first-order valence-electron chi connectivity index (χ1n) is 12.4. The average Bonchev–Trinajstić information content (AvgIpc) is 3.62. The molecule has 2 fully saturated rings. The van der Waals surface area contributed by atoms with E-state index in [4.69, 9.17) is 18.9 Å². The summed E-state index contributed by atoms with van der Waals surface area (Å²) in [5, 5.41) is 7.60. The predicted molar refractivity (Wildman–Crippen MR) is 138 cm³/mol. The monoisotopic (exact) mass is 563 g/mol. The van der Waals surface area contributed by atoms with E-state index in [-0.39, 0.29) is 31.0 Å². The molecule has 210 valence electrons. The summed E-state index contributed by atoms with van der Waals surface area (Å²) in [6.45, 7) is 0.973. The van der Waals surface area contributed by atoms with Gasteiger partial charge >= 0.3 is 0 Å². The molecule has 0 saturated carbocycles. The van der Waals surface area contributed by atoms with E-state index < -0.39 is 27.2 Å². The van der Waals surface area contributed by atoms with Crippen molar-refractivity contribution in [3.05, 3.63) is 42.2 Å². The number of methoxy groups -OCH3 is 3. The number of nitrogens with zero attached hydrogens (tertiary/aromatic N) is 6. The Kier molecular flexibility index (Phi) is 7.81. The van der Waals surface area contributed by atoms with E-state index in [9.17, 15) is 12.8 Å². The molecule has 2 aromatic heterocycles. The lowest BCUT2D eigenvalue weighted by atomic mass is 10.1. The van der Waals surface area contributed by atoms with Gasteiger partial charge in [0.15, 0.2) is 11.6 Å². The molecule has 2 saturated heterocycles. The fourth-order valence-corrected chi connectivity index (χ4v) is 6.27. The fourth-order valence-electron chi connectivity index (χ4n) is 4.87. The Morgan fingerprint density at radius 3 is 2.41 bits per heavy atom. The van der Waals surface area contributed by atoms with Crippen molar-refractivity contribution < 1.29 is 31.8 Å². The molecule has 2 aliphatic rings. The van der Waals surface area contributed by atoms with Crippen LogP contribution in [-0.2, 0) is 19.5 Å². The van der Waals surface area contributed by atoms with Gasteiger partial charge in [-0.25, -0.2) is 22.8 Å². The highest BCUT2D eigenvalue weighted by atomic mass is 32.2. The van der Waals surface area contributed by atoms with Gasteiger partial charge in [-0.05, 0) is 31.4 Å². The fraction of sp³-hybridized carbons (Fsp3) is 0.500. The summed E-state index contributed by atoms with van der Waals surface area (Å²) < 4.78 is 67.8. The van der Waals surface area contributed by atoms with Crippen molar-refractivity contribution in [2.24, 2.45) is 0 Å². The summed E-state index contributed by atoms with van der Waals surface area (Å²) in [7, 11) is 0.476. The van der Waals surface area contributed by atoms with Crippen LogP contribution >= 0.6 is 0 Å². The SMILES string of the molecule is COc1cccc(OC)c1-n1c(NS(=O)(=O)[C@H]2C[C@@H](OC)CN(c3ncc(F)cn3)C2)nnc1[C@H]1CCCO1. The third-order valence-electron chi connectivity index (χ3n) is 6.80. The van der Waals surface area contributed by atoms with Gasteiger partial charge in [0.1, 0.15) is 28.5 Å². The van der Waals surface area contributed by atoms with Gasteiger partial charge in [0.05, 0.1) is 32.7 Å². The Hall–Kier alpha value is -3.56. The predicted octanol–water partition coefficient (Wildman–Crippen LogP) is 2.10. The maximum Gasteiger partial charge on any atom is 0.243 e.